The van der Waals surface area contributed by atoms with Crippen LogP contribution >= 0.6 is 15.9 Å². The van der Waals surface area contributed by atoms with Crippen molar-refractivity contribution in [3.8, 4) is 11.5 Å². The molecule has 0 radical (unpaired) electrons. The van der Waals surface area contributed by atoms with Crippen LogP contribution in [-0.4, -0.2) is 23.4 Å². The zero-order valence-corrected chi connectivity index (χ0v) is 12.6. The van der Waals surface area contributed by atoms with E-state index in [2.05, 4.69) is 20.9 Å². The van der Waals surface area contributed by atoms with Crippen LogP contribution in [0.25, 0.3) is 0 Å². The van der Waals surface area contributed by atoms with Gasteiger partial charge < -0.3 is 9.84 Å². The highest BCUT2D eigenvalue weighted by Gasteiger charge is 2.17. The van der Waals surface area contributed by atoms with Gasteiger partial charge >= 0.3 is 5.69 Å². The van der Waals surface area contributed by atoms with Gasteiger partial charge in [0, 0.05) is 22.3 Å². The van der Waals surface area contributed by atoms with Crippen molar-refractivity contribution in [2.45, 2.75) is 0 Å². The SMILES string of the molecule is COc1ccccc1N=Cc1cc(Br)cc([N+](=O)[O-])c1O. The second-order valence-electron chi connectivity index (χ2n) is 4.05. The number of ether oxygens (including phenoxy) is 1. The molecule has 2 aromatic carbocycles. The molecule has 0 saturated carbocycles. The molecule has 108 valence electrons. The number of nitro groups is 1. The van der Waals surface area contributed by atoms with Crippen LogP contribution in [0, 0.1) is 10.1 Å². The number of methoxy groups -OCH3 is 1. The predicted octanol–water partition coefficient (Wildman–Crippen LogP) is 3.82. The Morgan fingerprint density at radius 3 is 2.76 bits per heavy atom. The first-order valence-electron chi connectivity index (χ1n) is 5.87. The molecule has 0 unspecified atom stereocenters. The minimum absolute atomic E-state index is 0.238. The van der Waals surface area contributed by atoms with Crippen molar-refractivity contribution < 1.29 is 14.8 Å². The average molecular weight is 351 g/mol. The molecule has 0 saturated heterocycles. The number of hydrogen-bond donors (Lipinski definition) is 1. The van der Waals surface area contributed by atoms with E-state index in [0.29, 0.717) is 15.9 Å². The smallest absolute Gasteiger partial charge is 0.312 e. The standard InChI is InChI=1S/C14H11BrN2O4/c1-21-13-5-3-2-4-11(13)16-8-9-6-10(15)7-12(14(9)18)17(19)20/h2-8,18H,1H3. The summed E-state index contributed by atoms with van der Waals surface area (Å²) in [6.45, 7) is 0. The van der Waals surface area contributed by atoms with E-state index in [1.165, 1.54) is 19.4 Å². The van der Waals surface area contributed by atoms with Crippen molar-refractivity contribution in [3.63, 3.8) is 0 Å². The van der Waals surface area contributed by atoms with Crippen molar-refractivity contribution in [2.75, 3.05) is 7.11 Å². The fraction of sp³-hybridized carbons (Fsp3) is 0.0714. The Morgan fingerprint density at radius 1 is 1.38 bits per heavy atom. The average Bonchev–Trinajstić information content (AvgIpc) is 2.47. The zero-order chi connectivity index (χ0) is 15.4. The van der Waals surface area contributed by atoms with E-state index in [1.54, 1.807) is 30.3 Å². The molecule has 6 nitrogen and oxygen atoms in total. The first kappa shape index (κ1) is 15.0. The number of nitro benzene ring substituents is 1. The van der Waals surface area contributed by atoms with Crippen LogP contribution < -0.4 is 4.74 Å². The van der Waals surface area contributed by atoms with Crippen LogP contribution in [0.15, 0.2) is 45.9 Å². The summed E-state index contributed by atoms with van der Waals surface area (Å²) >= 11 is 3.17. The molecule has 1 N–H and O–H groups in total. The maximum absolute atomic E-state index is 10.9. The van der Waals surface area contributed by atoms with Gasteiger partial charge in [-0.05, 0) is 18.2 Å². The van der Waals surface area contributed by atoms with Gasteiger partial charge in [0.1, 0.15) is 11.4 Å². The van der Waals surface area contributed by atoms with Crippen molar-refractivity contribution in [2.24, 2.45) is 4.99 Å². The van der Waals surface area contributed by atoms with E-state index in [4.69, 9.17) is 4.74 Å². The first-order chi connectivity index (χ1) is 10.0. The Kier molecular flexibility index (Phi) is 4.54. The van der Waals surface area contributed by atoms with E-state index >= 15 is 0 Å². The summed E-state index contributed by atoms with van der Waals surface area (Å²) in [5.74, 6) is 0.139. The summed E-state index contributed by atoms with van der Waals surface area (Å²) in [6.07, 6.45) is 1.35. The summed E-state index contributed by atoms with van der Waals surface area (Å²) in [5.41, 5.74) is 0.412. The number of benzene rings is 2. The second-order valence-corrected chi connectivity index (χ2v) is 4.97. The molecule has 0 aromatic heterocycles. The molecule has 2 aromatic rings. The Hall–Kier alpha value is -2.41. The van der Waals surface area contributed by atoms with Gasteiger partial charge in [-0.3, -0.25) is 15.1 Å². The molecule has 0 spiro atoms. The van der Waals surface area contributed by atoms with Crippen molar-refractivity contribution in [1.82, 2.24) is 0 Å². The van der Waals surface area contributed by atoms with Gasteiger partial charge in [-0.2, -0.15) is 0 Å². The van der Waals surface area contributed by atoms with Gasteiger partial charge in [-0.15, -0.1) is 0 Å². The Bertz CT molecular complexity index is 716. The van der Waals surface area contributed by atoms with Crippen LogP contribution in [0.2, 0.25) is 0 Å². The molecular weight excluding hydrogens is 340 g/mol. The highest BCUT2D eigenvalue weighted by molar-refractivity contribution is 9.10. The van der Waals surface area contributed by atoms with E-state index in [9.17, 15) is 15.2 Å². The van der Waals surface area contributed by atoms with Crippen LogP contribution in [0.1, 0.15) is 5.56 Å². The molecule has 0 atom stereocenters. The minimum Gasteiger partial charge on any atom is -0.502 e. The van der Waals surface area contributed by atoms with Crippen molar-refractivity contribution in [1.29, 1.82) is 0 Å². The van der Waals surface area contributed by atoms with Gasteiger partial charge in [0.05, 0.1) is 12.0 Å². The quantitative estimate of drug-likeness (QED) is 0.515. The lowest BCUT2D eigenvalue weighted by Crippen LogP contribution is -1.92. The molecule has 0 aliphatic rings. The topological polar surface area (TPSA) is 85.0 Å². The number of rotatable bonds is 4. The van der Waals surface area contributed by atoms with E-state index in [1.807, 2.05) is 0 Å². The van der Waals surface area contributed by atoms with Crippen molar-refractivity contribution in [3.05, 3.63) is 56.5 Å². The third kappa shape index (κ3) is 3.38. The molecule has 21 heavy (non-hydrogen) atoms. The summed E-state index contributed by atoms with van der Waals surface area (Å²) in [5, 5.41) is 20.8. The third-order valence-corrected chi connectivity index (χ3v) is 3.17. The van der Waals surface area contributed by atoms with Crippen LogP contribution in [0.3, 0.4) is 0 Å². The maximum atomic E-state index is 10.9. The number of halogens is 1. The van der Waals surface area contributed by atoms with E-state index < -0.39 is 10.7 Å². The number of aromatic hydroxyl groups is 1. The van der Waals surface area contributed by atoms with Gasteiger partial charge in [-0.1, -0.05) is 28.1 Å². The molecule has 0 aliphatic heterocycles. The molecule has 0 bridgehead atoms. The Morgan fingerprint density at radius 2 is 2.10 bits per heavy atom. The van der Waals surface area contributed by atoms with Crippen LogP contribution in [0.5, 0.6) is 11.5 Å². The number of hydrogen-bond acceptors (Lipinski definition) is 5. The van der Waals surface area contributed by atoms with Gasteiger partial charge in [0.25, 0.3) is 0 Å². The highest BCUT2D eigenvalue weighted by Crippen LogP contribution is 2.33. The fourth-order valence-corrected chi connectivity index (χ4v) is 2.18. The molecule has 0 fully saturated rings. The first-order valence-corrected chi connectivity index (χ1v) is 6.66. The lowest BCUT2D eigenvalue weighted by Gasteiger charge is -2.04. The van der Waals surface area contributed by atoms with E-state index in [0.717, 1.165) is 0 Å². The van der Waals surface area contributed by atoms with Gasteiger partial charge in [-0.25, -0.2) is 0 Å². The summed E-state index contributed by atoms with van der Waals surface area (Å²) < 4.78 is 5.64. The Labute approximate surface area is 129 Å². The predicted molar refractivity (Wildman–Crippen MR) is 82.7 cm³/mol. The van der Waals surface area contributed by atoms with Gasteiger partial charge in [0.2, 0.25) is 5.75 Å². The number of phenolic OH excluding ortho intramolecular Hbond substituents is 1. The molecule has 0 heterocycles. The van der Waals surface area contributed by atoms with Crippen LogP contribution in [0.4, 0.5) is 11.4 Å². The molecule has 7 heteroatoms. The summed E-state index contributed by atoms with van der Waals surface area (Å²) in [4.78, 5) is 14.4. The molecule has 0 aliphatic carbocycles. The fourth-order valence-electron chi connectivity index (χ4n) is 1.72. The maximum Gasteiger partial charge on any atom is 0.312 e. The zero-order valence-electron chi connectivity index (χ0n) is 11.0. The lowest BCUT2D eigenvalue weighted by atomic mass is 10.2. The van der Waals surface area contributed by atoms with Crippen LogP contribution in [-0.2, 0) is 0 Å². The monoisotopic (exact) mass is 350 g/mol. The number of para-hydroxylation sites is 2. The second kappa shape index (κ2) is 6.36. The number of aliphatic imine (C=N–C) groups is 1. The Balaban J connectivity index is 2.44. The normalized spacial score (nSPS) is 10.8. The number of phenols is 1. The van der Waals surface area contributed by atoms with E-state index in [-0.39, 0.29) is 11.3 Å². The summed E-state index contributed by atoms with van der Waals surface area (Å²) in [7, 11) is 1.52. The number of nitrogens with zero attached hydrogens (tertiary/aromatic N) is 2. The third-order valence-electron chi connectivity index (χ3n) is 2.71. The minimum atomic E-state index is -0.652. The summed E-state index contributed by atoms with van der Waals surface area (Å²) in [6, 6.07) is 9.85. The van der Waals surface area contributed by atoms with Crippen molar-refractivity contribution >= 4 is 33.5 Å². The molecule has 2 rings (SSSR count). The highest BCUT2D eigenvalue weighted by atomic mass is 79.9. The molecular formula is C14H11BrN2O4. The van der Waals surface area contributed by atoms with Gasteiger partial charge in [0.15, 0.2) is 0 Å². The largest absolute Gasteiger partial charge is 0.502 e. The molecule has 0 amide bonds. The lowest BCUT2D eigenvalue weighted by molar-refractivity contribution is -0.385.